The second kappa shape index (κ2) is 3.60. The minimum absolute atomic E-state index is 0.0912. The van der Waals surface area contributed by atoms with Crippen LogP contribution in [0.4, 0.5) is 0 Å². The van der Waals surface area contributed by atoms with Crippen molar-refractivity contribution < 1.29 is 4.79 Å². The molecule has 0 aliphatic heterocycles. The van der Waals surface area contributed by atoms with E-state index in [9.17, 15) is 4.79 Å². The summed E-state index contributed by atoms with van der Waals surface area (Å²) in [4.78, 5) is 11.0. The lowest BCUT2D eigenvalue weighted by molar-refractivity contribution is -0.119. The van der Waals surface area contributed by atoms with E-state index in [2.05, 4.69) is 36.5 Å². The number of fused-ring (bicyclic) bond motifs is 1. The fourth-order valence-corrected chi connectivity index (χ4v) is 2.70. The van der Waals surface area contributed by atoms with Gasteiger partial charge in [-0.15, -0.1) is 0 Å². The van der Waals surface area contributed by atoms with Crippen molar-refractivity contribution in [1.29, 1.82) is 0 Å². The molecule has 1 amide bonds. The number of rotatable bonds is 1. The van der Waals surface area contributed by atoms with Gasteiger partial charge in [-0.2, -0.15) is 0 Å². The van der Waals surface area contributed by atoms with Crippen molar-refractivity contribution in [3.05, 3.63) is 24.3 Å². The quantitative estimate of drug-likeness (QED) is 0.673. The van der Waals surface area contributed by atoms with E-state index in [1.165, 1.54) is 0 Å². The van der Waals surface area contributed by atoms with Gasteiger partial charge in [0.25, 0.3) is 0 Å². The molecule has 2 aliphatic carbocycles. The summed E-state index contributed by atoms with van der Waals surface area (Å²) in [7, 11) is 0. The van der Waals surface area contributed by atoms with Crippen LogP contribution in [0.1, 0.15) is 20.3 Å². The van der Waals surface area contributed by atoms with Crippen molar-refractivity contribution in [2.75, 3.05) is 0 Å². The van der Waals surface area contributed by atoms with Gasteiger partial charge >= 0.3 is 0 Å². The summed E-state index contributed by atoms with van der Waals surface area (Å²) in [6, 6.07) is 0.356. The first-order chi connectivity index (χ1) is 6.68. The molecule has 0 spiro atoms. The van der Waals surface area contributed by atoms with E-state index in [1.54, 1.807) is 6.92 Å². The van der Waals surface area contributed by atoms with Gasteiger partial charge < -0.3 is 5.32 Å². The summed E-state index contributed by atoms with van der Waals surface area (Å²) < 4.78 is 0. The maximum absolute atomic E-state index is 11.0. The zero-order valence-corrected chi connectivity index (χ0v) is 8.73. The molecule has 2 nitrogen and oxygen atoms in total. The van der Waals surface area contributed by atoms with Crippen LogP contribution in [-0.4, -0.2) is 11.9 Å². The Kier molecular flexibility index (Phi) is 2.44. The topological polar surface area (TPSA) is 29.1 Å². The average Bonchev–Trinajstić information content (AvgIpc) is 2.44. The zero-order chi connectivity index (χ0) is 10.1. The third kappa shape index (κ3) is 1.61. The Morgan fingerprint density at radius 3 is 2.71 bits per heavy atom. The number of carbonyl (C=O) groups excluding carboxylic acids is 1. The number of allylic oxidation sites excluding steroid dienone is 4. The first kappa shape index (κ1) is 9.50. The van der Waals surface area contributed by atoms with Gasteiger partial charge in [0.2, 0.25) is 5.91 Å². The highest BCUT2D eigenvalue weighted by Crippen LogP contribution is 2.40. The molecule has 0 aromatic rings. The molecule has 0 aromatic heterocycles. The highest BCUT2D eigenvalue weighted by Gasteiger charge is 2.38. The summed E-state index contributed by atoms with van der Waals surface area (Å²) in [5.74, 6) is 1.90. The van der Waals surface area contributed by atoms with Crippen molar-refractivity contribution in [2.24, 2.45) is 17.8 Å². The molecular formula is C12H17NO. The second-order valence-electron chi connectivity index (χ2n) is 4.41. The number of hydrogen-bond donors (Lipinski definition) is 1. The number of carbonyl (C=O) groups is 1. The lowest BCUT2D eigenvalue weighted by Crippen LogP contribution is -2.35. The van der Waals surface area contributed by atoms with Crippen LogP contribution < -0.4 is 5.32 Å². The molecule has 0 bridgehead atoms. The van der Waals surface area contributed by atoms with Gasteiger partial charge in [0.1, 0.15) is 0 Å². The third-order valence-electron chi connectivity index (χ3n) is 3.45. The van der Waals surface area contributed by atoms with Crippen LogP contribution in [0.5, 0.6) is 0 Å². The van der Waals surface area contributed by atoms with Crippen molar-refractivity contribution in [1.82, 2.24) is 5.32 Å². The van der Waals surface area contributed by atoms with Gasteiger partial charge in [-0.1, -0.05) is 31.2 Å². The van der Waals surface area contributed by atoms with E-state index in [0.29, 0.717) is 23.8 Å². The van der Waals surface area contributed by atoms with Crippen molar-refractivity contribution in [2.45, 2.75) is 26.3 Å². The van der Waals surface area contributed by atoms with Gasteiger partial charge in [-0.25, -0.2) is 0 Å². The van der Waals surface area contributed by atoms with E-state index in [4.69, 9.17) is 0 Å². The summed E-state index contributed by atoms with van der Waals surface area (Å²) in [5.41, 5.74) is 0. The fourth-order valence-electron chi connectivity index (χ4n) is 2.70. The Balaban J connectivity index is 2.07. The number of nitrogens with one attached hydrogen (secondary N) is 1. The molecule has 2 rings (SSSR count). The molecule has 0 aromatic carbocycles. The molecule has 2 heteroatoms. The molecule has 2 unspecified atom stereocenters. The van der Waals surface area contributed by atoms with Crippen LogP contribution in [0.3, 0.4) is 0 Å². The van der Waals surface area contributed by atoms with Crippen LogP contribution in [0.25, 0.3) is 0 Å². The summed E-state index contributed by atoms with van der Waals surface area (Å²) >= 11 is 0. The van der Waals surface area contributed by atoms with Crippen LogP contribution >= 0.6 is 0 Å². The van der Waals surface area contributed by atoms with Crippen molar-refractivity contribution in [3.63, 3.8) is 0 Å². The molecule has 1 fully saturated rings. The maximum Gasteiger partial charge on any atom is 0.217 e. The van der Waals surface area contributed by atoms with Crippen LogP contribution in [0, 0.1) is 17.8 Å². The van der Waals surface area contributed by atoms with E-state index in [-0.39, 0.29) is 5.91 Å². The lowest BCUT2D eigenvalue weighted by atomic mass is 9.87. The molecule has 1 saturated carbocycles. The summed E-state index contributed by atoms with van der Waals surface area (Å²) in [6.45, 7) is 3.83. The molecule has 2 aliphatic rings. The summed E-state index contributed by atoms with van der Waals surface area (Å²) in [6.07, 6.45) is 9.87. The molecule has 4 atom stereocenters. The first-order valence-corrected chi connectivity index (χ1v) is 5.30. The van der Waals surface area contributed by atoms with Crippen molar-refractivity contribution >= 4 is 5.91 Å². The second-order valence-corrected chi connectivity index (χ2v) is 4.41. The lowest BCUT2D eigenvalue weighted by Gasteiger charge is -2.20. The van der Waals surface area contributed by atoms with E-state index in [1.807, 2.05) is 0 Å². The fraction of sp³-hybridized carbons (Fsp3) is 0.583. The molecule has 76 valence electrons. The molecule has 1 N–H and O–H groups in total. The van der Waals surface area contributed by atoms with E-state index in [0.717, 1.165) is 6.42 Å². The van der Waals surface area contributed by atoms with Crippen LogP contribution in [0.2, 0.25) is 0 Å². The predicted molar refractivity (Wildman–Crippen MR) is 56.6 cm³/mol. The van der Waals surface area contributed by atoms with Gasteiger partial charge in [-0.3, -0.25) is 4.79 Å². The highest BCUT2D eigenvalue weighted by molar-refractivity contribution is 5.73. The monoisotopic (exact) mass is 191 g/mol. The predicted octanol–water partition coefficient (Wildman–Crippen LogP) is 1.89. The minimum atomic E-state index is 0.0912. The molecule has 0 radical (unpaired) electrons. The van der Waals surface area contributed by atoms with Gasteiger partial charge in [-0.05, 0) is 24.2 Å². The zero-order valence-electron chi connectivity index (χ0n) is 8.73. The van der Waals surface area contributed by atoms with Crippen LogP contribution in [0.15, 0.2) is 24.3 Å². The smallest absolute Gasteiger partial charge is 0.217 e. The average molecular weight is 191 g/mol. The van der Waals surface area contributed by atoms with Gasteiger partial charge in [0.05, 0.1) is 0 Å². The molecule has 0 saturated heterocycles. The third-order valence-corrected chi connectivity index (χ3v) is 3.45. The van der Waals surface area contributed by atoms with E-state index < -0.39 is 0 Å². The largest absolute Gasteiger partial charge is 0.353 e. The molecule has 14 heavy (non-hydrogen) atoms. The summed E-state index contributed by atoms with van der Waals surface area (Å²) in [5, 5.41) is 3.04. The van der Waals surface area contributed by atoms with Gasteiger partial charge in [0, 0.05) is 13.0 Å². The Morgan fingerprint density at radius 1 is 1.36 bits per heavy atom. The van der Waals surface area contributed by atoms with E-state index >= 15 is 0 Å². The Morgan fingerprint density at radius 2 is 2.07 bits per heavy atom. The first-order valence-electron chi connectivity index (χ1n) is 5.30. The molecule has 0 heterocycles. The SMILES string of the molecule is CC(=O)N[C@@H]1CC2C=CC=CC2[C@H]1C. The van der Waals surface area contributed by atoms with Crippen molar-refractivity contribution in [3.8, 4) is 0 Å². The highest BCUT2D eigenvalue weighted by atomic mass is 16.1. The minimum Gasteiger partial charge on any atom is -0.353 e. The standard InChI is InChI=1S/C12H17NO/c1-8-11-6-4-3-5-10(11)7-12(8)13-9(2)14/h3-6,8,10-12H,7H2,1-2H3,(H,13,14)/t8-,10?,11?,12-/m1/s1. The number of hydrogen-bond acceptors (Lipinski definition) is 1. The maximum atomic E-state index is 11.0. The Bertz CT molecular complexity index is 293. The Hall–Kier alpha value is -1.05. The number of amides is 1. The normalized spacial score (nSPS) is 39.6. The van der Waals surface area contributed by atoms with Crippen LogP contribution in [-0.2, 0) is 4.79 Å². The molecular weight excluding hydrogens is 174 g/mol. The van der Waals surface area contributed by atoms with Gasteiger partial charge in [0.15, 0.2) is 0 Å². The Labute approximate surface area is 85.1 Å².